The van der Waals surface area contributed by atoms with E-state index in [9.17, 15) is 0 Å². The third-order valence-electron chi connectivity index (χ3n) is 3.89. The molecule has 0 aliphatic carbocycles. The second kappa shape index (κ2) is 5.74. The van der Waals surface area contributed by atoms with Crippen molar-refractivity contribution >= 4 is 16.6 Å². The number of nitrogens with zero attached hydrogens (tertiary/aromatic N) is 3. The molecule has 2 heterocycles. The lowest BCUT2D eigenvalue weighted by molar-refractivity contribution is 1.14. The van der Waals surface area contributed by atoms with Crippen molar-refractivity contribution in [3.63, 3.8) is 0 Å². The van der Waals surface area contributed by atoms with Gasteiger partial charge in [-0.2, -0.15) is 0 Å². The van der Waals surface area contributed by atoms with Crippen molar-refractivity contribution in [2.75, 3.05) is 5.73 Å². The summed E-state index contributed by atoms with van der Waals surface area (Å²) in [7, 11) is 0. The fraction of sp³-hybridized carbons (Fsp3) is 0.0500. The van der Waals surface area contributed by atoms with Crippen LogP contribution in [0.25, 0.3) is 33.7 Å². The van der Waals surface area contributed by atoms with Crippen molar-refractivity contribution in [3.05, 3.63) is 72.4 Å². The highest BCUT2D eigenvalue weighted by Crippen LogP contribution is 2.29. The Morgan fingerprint density at radius 3 is 2.42 bits per heavy atom. The zero-order valence-electron chi connectivity index (χ0n) is 13.3. The number of pyridine rings is 1. The molecule has 116 valence electrons. The number of anilines is 1. The van der Waals surface area contributed by atoms with E-state index in [2.05, 4.69) is 9.97 Å². The fourth-order valence-electron chi connectivity index (χ4n) is 2.74. The Hall–Kier alpha value is -3.27. The Balaban J connectivity index is 2.03. The van der Waals surface area contributed by atoms with Gasteiger partial charge in [-0.25, -0.2) is 15.0 Å². The largest absolute Gasteiger partial charge is 0.399 e. The van der Waals surface area contributed by atoms with Gasteiger partial charge in [0, 0.05) is 22.3 Å². The molecule has 24 heavy (non-hydrogen) atoms. The number of nitrogens with two attached hydrogens (primary N) is 1. The Kier molecular flexibility index (Phi) is 3.43. The summed E-state index contributed by atoms with van der Waals surface area (Å²) in [6.07, 6.45) is 0. The van der Waals surface area contributed by atoms with E-state index in [-0.39, 0.29) is 0 Å². The maximum Gasteiger partial charge on any atom is 0.179 e. The van der Waals surface area contributed by atoms with Gasteiger partial charge < -0.3 is 5.73 Å². The molecular formula is C20H16N4. The molecule has 0 fully saturated rings. The molecule has 0 saturated carbocycles. The molecule has 0 aliphatic heterocycles. The first-order valence-electron chi connectivity index (χ1n) is 7.77. The number of hydrogen-bond donors (Lipinski definition) is 1. The molecular weight excluding hydrogens is 296 g/mol. The average Bonchev–Trinajstić information content (AvgIpc) is 2.61. The van der Waals surface area contributed by atoms with Gasteiger partial charge in [-0.15, -0.1) is 0 Å². The molecule has 0 bridgehead atoms. The number of hydrogen-bond acceptors (Lipinski definition) is 4. The average molecular weight is 312 g/mol. The number of nitrogen functional groups attached to an aromatic ring is 1. The molecule has 0 amide bonds. The summed E-state index contributed by atoms with van der Waals surface area (Å²) in [6.45, 7) is 1.96. The van der Waals surface area contributed by atoms with Crippen LogP contribution in [-0.4, -0.2) is 15.0 Å². The number of fused-ring (bicyclic) bond motifs is 1. The van der Waals surface area contributed by atoms with E-state index in [0.717, 1.165) is 33.5 Å². The van der Waals surface area contributed by atoms with E-state index in [1.165, 1.54) is 0 Å². The molecule has 4 rings (SSSR count). The van der Waals surface area contributed by atoms with Crippen molar-refractivity contribution in [2.45, 2.75) is 6.92 Å². The summed E-state index contributed by atoms with van der Waals surface area (Å²) in [5.74, 6) is 0.607. The third-order valence-corrected chi connectivity index (χ3v) is 3.89. The molecule has 0 aliphatic rings. The molecule has 0 saturated heterocycles. The van der Waals surface area contributed by atoms with E-state index >= 15 is 0 Å². The topological polar surface area (TPSA) is 64.7 Å². The van der Waals surface area contributed by atoms with Crippen LogP contribution in [0.15, 0.2) is 66.7 Å². The lowest BCUT2D eigenvalue weighted by Gasteiger charge is -2.09. The Bertz CT molecular complexity index is 1030. The van der Waals surface area contributed by atoms with Gasteiger partial charge in [0.05, 0.1) is 11.2 Å². The lowest BCUT2D eigenvalue weighted by atomic mass is 10.1. The predicted octanol–water partition coefficient (Wildman–Crippen LogP) is 4.25. The van der Waals surface area contributed by atoms with E-state index in [4.69, 9.17) is 10.7 Å². The van der Waals surface area contributed by atoms with Crippen LogP contribution in [0.3, 0.4) is 0 Å². The molecule has 0 unspecified atom stereocenters. The van der Waals surface area contributed by atoms with Gasteiger partial charge in [0.1, 0.15) is 5.69 Å². The minimum Gasteiger partial charge on any atom is -0.399 e. The fourth-order valence-corrected chi connectivity index (χ4v) is 2.74. The van der Waals surface area contributed by atoms with Gasteiger partial charge >= 0.3 is 0 Å². The summed E-state index contributed by atoms with van der Waals surface area (Å²) in [4.78, 5) is 14.0. The lowest BCUT2D eigenvalue weighted by Crippen LogP contribution is -1.98. The van der Waals surface area contributed by atoms with Crippen LogP contribution in [0.2, 0.25) is 0 Å². The van der Waals surface area contributed by atoms with Crippen molar-refractivity contribution in [2.24, 2.45) is 0 Å². The molecule has 2 N–H and O–H groups in total. The highest BCUT2D eigenvalue weighted by molar-refractivity contribution is 5.94. The second-order valence-corrected chi connectivity index (χ2v) is 5.70. The van der Waals surface area contributed by atoms with Crippen LogP contribution in [0, 0.1) is 6.92 Å². The minimum absolute atomic E-state index is 0.607. The summed E-state index contributed by atoms with van der Waals surface area (Å²) in [5, 5.41) is 0.979. The quantitative estimate of drug-likeness (QED) is 0.562. The number of benzene rings is 2. The first-order valence-corrected chi connectivity index (χ1v) is 7.77. The van der Waals surface area contributed by atoms with Crippen LogP contribution in [-0.2, 0) is 0 Å². The number of aromatic nitrogens is 3. The molecule has 4 heteroatoms. The zero-order chi connectivity index (χ0) is 16.5. The molecule has 0 spiro atoms. The van der Waals surface area contributed by atoms with Gasteiger partial charge in [-0.1, -0.05) is 36.4 Å². The Labute approximate surface area is 140 Å². The van der Waals surface area contributed by atoms with Gasteiger partial charge in [0.25, 0.3) is 0 Å². The van der Waals surface area contributed by atoms with Crippen molar-refractivity contribution in [1.29, 1.82) is 0 Å². The van der Waals surface area contributed by atoms with E-state index < -0.39 is 0 Å². The highest BCUT2D eigenvalue weighted by atomic mass is 14.9. The van der Waals surface area contributed by atoms with Crippen LogP contribution in [0.4, 0.5) is 5.69 Å². The molecule has 2 aromatic carbocycles. The Morgan fingerprint density at radius 1 is 0.792 bits per heavy atom. The first-order chi connectivity index (χ1) is 11.7. The maximum absolute atomic E-state index is 5.95. The maximum atomic E-state index is 5.95. The monoisotopic (exact) mass is 312 g/mol. The Morgan fingerprint density at radius 2 is 1.62 bits per heavy atom. The third kappa shape index (κ3) is 2.58. The van der Waals surface area contributed by atoms with Crippen molar-refractivity contribution in [3.8, 4) is 22.8 Å². The second-order valence-electron chi connectivity index (χ2n) is 5.70. The van der Waals surface area contributed by atoms with Crippen LogP contribution < -0.4 is 5.73 Å². The smallest absolute Gasteiger partial charge is 0.179 e. The standard InChI is InChI=1S/C20H16N4/c1-13-6-5-9-17(22-13)20-23-18-12-15(21)10-11-16(18)19(24-20)14-7-3-2-4-8-14/h2-12H,21H2,1H3. The van der Waals surface area contributed by atoms with Crippen LogP contribution >= 0.6 is 0 Å². The van der Waals surface area contributed by atoms with Gasteiger partial charge in [0.2, 0.25) is 0 Å². The molecule has 0 atom stereocenters. The zero-order valence-corrected chi connectivity index (χ0v) is 13.3. The first kappa shape index (κ1) is 14.3. The summed E-state index contributed by atoms with van der Waals surface area (Å²) < 4.78 is 0. The van der Waals surface area contributed by atoms with Gasteiger partial charge in [0.15, 0.2) is 5.82 Å². The minimum atomic E-state index is 0.607. The van der Waals surface area contributed by atoms with Crippen LogP contribution in [0.1, 0.15) is 5.69 Å². The highest BCUT2D eigenvalue weighted by Gasteiger charge is 2.12. The predicted molar refractivity (Wildman–Crippen MR) is 97.4 cm³/mol. The van der Waals surface area contributed by atoms with E-state index in [0.29, 0.717) is 11.5 Å². The van der Waals surface area contributed by atoms with Gasteiger partial charge in [-0.3, -0.25) is 0 Å². The molecule has 4 aromatic rings. The number of rotatable bonds is 2. The SMILES string of the molecule is Cc1cccc(-c2nc(-c3ccccc3)c3ccc(N)cc3n2)n1. The van der Waals surface area contributed by atoms with E-state index in [1.54, 1.807) is 0 Å². The summed E-state index contributed by atoms with van der Waals surface area (Å²) in [6, 6.07) is 21.7. The van der Waals surface area contributed by atoms with E-state index in [1.807, 2.05) is 73.7 Å². The molecule has 4 nitrogen and oxygen atoms in total. The summed E-state index contributed by atoms with van der Waals surface area (Å²) in [5.41, 5.74) is 11.1. The molecule has 0 radical (unpaired) electrons. The van der Waals surface area contributed by atoms with Crippen molar-refractivity contribution in [1.82, 2.24) is 15.0 Å². The summed E-state index contributed by atoms with van der Waals surface area (Å²) >= 11 is 0. The van der Waals surface area contributed by atoms with Gasteiger partial charge in [-0.05, 0) is 37.3 Å². The van der Waals surface area contributed by atoms with Crippen molar-refractivity contribution < 1.29 is 0 Å². The molecule has 2 aromatic heterocycles. The number of aryl methyl sites for hydroxylation is 1. The van der Waals surface area contributed by atoms with Crippen LogP contribution in [0.5, 0.6) is 0 Å². The normalized spacial score (nSPS) is 10.9.